The van der Waals surface area contributed by atoms with E-state index in [0.717, 1.165) is 0 Å². The Morgan fingerprint density at radius 1 is 1.54 bits per heavy atom. The molecule has 0 aromatic carbocycles. The molecule has 0 unspecified atom stereocenters. The minimum Gasteiger partial charge on any atom is -0.361 e. The summed E-state index contributed by atoms with van der Waals surface area (Å²) in [4.78, 5) is 24.1. The van der Waals surface area contributed by atoms with Crippen LogP contribution in [0.15, 0.2) is 0 Å². The molecule has 0 bridgehead atoms. The van der Waals surface area contributed by atoms with Crippen LogP contribution >= 0.6 is 0 Å². The highest BCUT2D eigenvalue weighted by Gasteiger charge is 2.06. The van der Waals surface area contributed by atoms with E-state index in [0.29, 0.717) is 6.21 Å². The van der Waals surface area contributed by atoms with Crippen LogP contribution in [0.1, 0.15) is 13.8 Å². The maximum absolute atomic E-state index is 10.9. The summed E-state index contributed by atoms with van der Waals surface area (Å²) in [5.74, 6) is -0.893. The van der Waals surface area contributed by atoms with Gasteiger partial charge >= 0.3 is 12.1 Å². The summed E-state index contributed by atoms with van der Waals surface area (Å²) in [6, 6.07) is 0.0379. The lowest BCUT2D eigenvalue weighted by Crippen LogP contribution is -2.40. The van der Waals surface area contributed by atoms with Crippen molar-refractivity contribution >= 4 is 18.0 Å². The maximum atomic E-state index is 10.9. The topological polar surface area (TPSA) is 94.6 Å². The molecular formula is C7H12N4O2. The van der Waals surface area contributed by atoms with E-state index in [4.69, 9.17) is 5.53 Å². The zero-order valence-corrected chi connectivity index (χ0v) is 7.57. The van der Waals surface area contributed by atoms with Crippen LogP contribution in [-0.4, -0.2) is 35.4 Å². The van der Waals surface area contributed by atoms with Gasteiger partial charge in [0.2, 0.25) is 5.91 Å². The summed E-state index contributed by atoms with van der Waals surface area (Å²) < 4.78 is 0. The molecule has 0 saturated carbocycles. The number of amides is 2. The number of carbonyl (C=O) groups excluding carboxylic acids is 2. The molecule has 0 aliphatic rings. The first-order valence-electron chi connectivity index (χ1n) is 3.81. The van der Waals surface area contributed by atoms with Gasteiger partial charge in [0.05, 0.1) is 6.54 Å². The van der Waals surface area contributed by atoms with Crippen molar-refractivity contribution in [3.05, 3.63) is 5.53 Å². The Balaban J connectivity index is 3.70. The van der Waals surface area contributed by atoms with Crippen LogP contribution < -0.4 is 10.6 Å². The molecule has 0 aromatic heterocycles. The molecule has 6 heteroatoms. The van der Waals surface area contributed by atoms with Crippen LogP contribution in [-0.2, 0) is 9.59 Å². The molecular weight excluding hydrogens is 172 g/mol. The van der Waals surface area contributed by atoms with Crippen LogP contribution in [0.5, 0.6) is 0 Å². The lowest BCUT2D eigenvalue weighted by atomic mass is 10.4. The normalized spacial score (nSPS) is 8.85. The summed E-state index contributed by atoms with van der Waals surface area (Å²) in [7, 11) is 0. The Labute approximate surface area is 75.9 Å². The van der Waals surface area contributed by atoms with Gasteiger partial charge in [-0.3, -0.25) is 9.59 Å². The van der Waals surface area contributed by atoms with Gasteiger partial charge in [0, 0.05) is 6.04 Å². The minimum atomic E-state index is -0.610. The monoisotopic (exact) mass is 184 g/mol. The number of hydrogen-bond donors (Lipinski definition) is 2. The average molecular weight is 184 g/mol. The Morgan fingerprint density at radius 3 is 2.62 bits per heavy atom. The van der Waals surface area contributed by atoms with E-state index < -0.39 is 5.91 Å². The summed E-state index contributed by atoms with van der Waals surface area (Å²) in [5, 5.41) is 4.81. The van der Waals surface area contributed by atoms with Crippen LogP contribution in [0.3, 0.4) is 0 Å². The van der Waals surface area contributed by atoms with Gasteiger partial charge in [-0.1, -0.05) is 0 Å². The highest BCUT2D eigenvalue weighted by molar-refractivity contribution is 6.24. The predicted octanol–water partition coefficient (Wildman–Crippen LogP) is -1.07. The predicted molar refractivity (Wildman–Crippen MR) is 46.0 cm³/mol. The number of hydrogen-bond acceptors (Lipinski definition) is 2. The summed E-state index contributed by atoms with van der Waals surface area (Å²) in [6.07, 6.45) is 0.683. The van der Waals surface area contributed by atoms with Crippen molar-refractivity contribution in [1.82, 2.24) is 10.6 Å². The van der Waals surface area contributed by atoms with Crippen LogP contribution in [0.25, 0.3) is 5.53 Å². The second-order valence-electron chi connectivity index (χ2n) is 2.68. The molecule has 0 rings (SSSR count). The second kappa shape index (κ2) is 5.91. The molecule has 0 atom stereocenters. The van der Waals surface area contributed by atoms with Gasteiger partial charge < -0.3 is 16.2 Å². The first-order chi connectivity index (χ1) is 6.06. The average Bonchev–Trinajstić information content (AvgIpc) is 2.00. The SMILES string of the molecule is CC(C)NC(=O)CNC(=O)C=[N+]=[N-]. The van der Waals surface area contributed by atoms with Crippen molar-refractivity contribution < 1.29 is 14.4 Å². The van der Waals surface area contributed by atoms with E-state index in [2.05, 4.69) is 15.4 Å². The van der Waals surface area contributed by atoms with Gasteiger partial charge in [0.25, 0.3) is 0 Å². The smallest absolute Gasteiger partial charge is 0.344 e. The fraction of sp³-hybridized carbons (Fsp3) is 0.571. The Bertz CT molecular complexity index is 243. The standard InChI is InChI=1S/C7H12N4O2/c1-5(2)11-7(13)3-9-6(12)4-10-8/h4-5H,3H2,1-2H3,(H,9,12)(H,11,13). The highest BCUT2D eigenvalue weighted by atomic mass is 16.2. The van der Waals surface area contributed by atoms with E-state index in [1.807, 2.05) is 13.8 Å². The van der Waals surface area contributed by atoms with E-state index >= 15 is 0 Å². The molecule has 0 aromatic rings. The molecule has 0 fully saturated rings. The number of carbonyl (C=O) groups is 2. The van der Waals surface area contributed by atoms with Crippen molar-refractivity contribution in [3.8, 4) is 0 Å². The Hall–Kier alpha value is -1.68. The van der Waals surface area contributed by atoms with E-state index in [1.54, 1.807) is 0 Å². The fourth-order valence-electron chi connectivity index (χ4n) is 0.638. The molecule has 0 saturated heterocycles. The van der Waals surface area contributed by atoms with Crippen molar-refractivity contribution in [2.75, 3.05) is 6.54 Å². The quantitative estimate of drug-likeness (QED) is 0.330. The van der Waals surface area contributed by atoms with Crippen LogP contribution in [0.2, 0.25) is 0 Å². The third-order valence-electron chi connectivity index (χ3n) is 1.05. The van der Waals surface area contributed by atoms with Gasteiger partial charge in [0.15, 0.2) is 0 Å². The molecule has 0 spiro atoms. The molecule has 0 aliphatic heterocycles. The number of nitrogens with zero attached hydrogens (tertiary/aromatic N) is 2. The maximum Gasteiger partial charge on any atom is 0.344 e. The Morgan fingerprint density at radius 2 is 2.15 bits per heavy atom. The molecule has 2 N–H and O–H groups in total. The molecule has 13 heavy (non-hydrogen) atoms. The molecule has 0 heterocycles. The first-order valence-corrected chi connectivity index (χ1v) is 3.81. The number of nitrogens with one attached hydrogen (secondary N) is 2. The van der Waals surface area contributed by atoms with Crippen molar-refractivity contribution in [2.45, 2.75) is 19.9 Å². The van der Waals surface area contributed by atoms with E-state index in [1.165, 1.54) is 0 Å². The van der Waals surface area contributed by atoms with Gasteiger partial charge in [-0.05, 0) is 13.8 Å². The molecule has 0 aliphatic carbocycles. The van der Waals surface area contributed by atoms with E-state index in [-0.39, 0.29) is 18.5 Å². The van der Waals surface area contributed by atoms with Crippen molar-refractivity contribution in [3.63, 3.8) is 0 Å². The lowest BCUT2D eigenvalue weighted by molar-refractivity contribution is -0.124. The van der Waals surface area contributed by atoms with Gasteiger partial charge in [-0.15, -0.1) is 0 Å². The molecule has 6 nitrogen and oxygen atoms in total. The summed E-state index contributed by atoms with van der Waals surface area (Å²) in [5.41, 5.74) is 7.96. The third-order valence-corrected chi connectivity index (χ3v) is 1.05. The molecule has 2 amide bonds. The van der Waals surface area contributed by atoms with Gasteiger partial charge in [0.1, 0.15) is 0 Å². The summed E-state index contributed by atoms with van der Waals surface area (Å²) >= 11 is 0. The third kappa shape index (κ3) is 6.71. The van der Waals surface area contributed by atoms with Gasteiger partial charge in [-0.25, -0.2) is 0 Å². The van der Waals surface area contributed by atoms with E-state index in [9.17, 15) is 9.59 Å². The first kappa shape index (κ1) is 11.3. The zero-order chi connectivity index (χ0) is 10.3. The Kier molecular flexibility index (Phi) is 5.14. The second-order valence-corrected chi connectivity index (χ2v) is 2.68. The lowest BCUT2D eigenvalue weighted by Gasteiger charge is -2.07. The van der Waals surface area contributed by atoms with Crippen molar-refractivity contribution in [1.29, 1.82) is 0 Å². The zero-order valence-electron chi connectivity index (χ0n) is 7.57. The van der Waals surface area contributed by atoms with Crippen molar-refractivity contribution in [2.24, 2.45) is 0 Å². The van der Waals surface area contributed by atoms with Gasteiger partial charge in [-0.2, -0.15) is 4.79 Å². The highest BCUT2D eigenvalue weighted by Crippen LogP contribution is 1.75. The number of rotatable bonds is 4. The largest absolute Gasteiger partial charge is 0.361 e. The van der Waals surface area contributed by atoms with Crippen LogP contribution in [0, 0.1) is 0 Å². The molecule has 0 radical (unpaired) electrons. The molecule has 72 valence electrons. The minimum absolute atomic E-state index is 0.0379. The van der Waals surface area contributed by atoms with Crippen LogP contribution in [0.4, 0.5) is 0 Å². The summed E-state index contributed by atoms with van der Waals surface area (Å²) in [6.45, 7) is 3.51. The fourth-order valence-corrected chi connectivity index (χ4v) is 0.638.